The van der Waals surface area contributed by atoms with Crippen LogP contribution in [0.1, 0.15) is 12.8 Å². The van der Waals surface area contributed by atoms with Gasteiger partial charge in [0.05, 0.1) is 6.10 Å². The molecule has 0 aromatic heterocycles. The van der Waals surface area contributed by atoms with Gasteiger partial charge in [0, 0.05) is 56.5 Å². The Balaban J connectivity index is 1.33. The largest absolute Gasteiger partial charge is 0.377 e. The van der Waals surface area contributed by atoms with Crippen LogP contribution < -0.4 is 0 Å². The van der Waals surface area contributed by atoms with Gasteiger partial charge in [-0.25, -0.2) is 4.39 Å². The fourth-order valence-corrected chi connectivity index (χ4v) is 4.07. The van der Waals surface area contributed by atoms with E-state index in [1.54, 1.807) is 17.8 Å². The number of benzene rings is 1. The second-order valence-electron chi connectivity index (χ2n) is 6.06. The lowest BCUT2D eigenvalue weighted by atomic mass is 10.2. The van der Waals surface area contributed by atoms with Crippen LogP contribution in [0.25, 0.3) is 0 Å². The number of hydrogen-bond donors (Lipinski definition) is 0. The molecule has 2 saturated heterocycles. The highest BCUT2D eigenvalue weighted by molar-refractivity contribution is 7.99. The first-order valence-corrected chi connectivity index (χ1v) is 9.23. The number of hydrogen-bond acceptors (Lipinski definition) is 4. The number of nitrogens with zero attached hydrogens (tertiary/aromatic N) is 2. The zero-order chi connectivity index (χ0) is 15.2. The average molecular weight is 324 g/mol. The summed E-state index contributed by atoms with van der Waals surface area (Å²) < 4.78 is 19.3. The van der Waals surface area contributed by atoms with Gasteiger partial charge in [0.15, 0.2) is 0 Å². The van der Waals surface area contributed by atoms with Crippen LogP contribution in [0.5, 0.6) is 0 Å². The minimum atomic E-state index is -0.103. The predicted octanol–water partition coefficient (Wildman–Crippen LogP) is 2.71. The molecule has 0 aliphatic carbocycles. The van der Waals surface area contributed by atoms with Crippen molar-refractivity contribution in [2.45, 2.75) is 23.8 Å². The van der Waals surface area contributed by atoms with E-state index in [-0.39, 0.29) is 5.82 Å². The zero-order valence-electron chi connectivity index (χ0n) is 13.0. The van der Waals surface area contributed by atoms with Crippen molar-refractivity contribution >= 4 is 11.8 Å². The van der Waals surface area contributed by atoms with Gasteiger partial charge in [-0.1, -0.05) is 12.1 Å². The molecule has 1 aromatic carbocycles. The Labute approximate surface area is 136 Å². The molecular formula is C17H25FN2OS. The fraction of sp³-hybridized carbons (Fsp3) is 0.647. The molecule has 0 saturated carbocycles. The van der Waals surface area contributed by atoms with Crippen molar-refractivity contribution < 1.29 is 9.13 Å². The first kappa shape index (κ1) is 16.2. The summed E-state index contributed by atoms with van der Waals surface area (Å²) in [5.41, 5.74) is 0. The number of ether oxygens (including phenoxy) is 1. The van der Waals surface area contributed by atoms with Crippen molar-refractivity contribution in [3.63, 3.8) is 0 Å². The van der Waals surface area contributed by atoms with Gasteiger partial charge in [0.1, 0.15) is 5.82 Å². The van der Waals surface area contributed by atoms with E-state index in [1.165, 1.54) is 18.9 Å². The highest BCUT2D eigenvalue weighted by Gasteiger charge is 2.22. The number of piperazine rings is 1. The van der Waals surface area contributed by atoms with Crippen molar-refractivity contribution in [1.29, 1.82) is 0 Å². The van der Waals surface area contributed by atoms with E-state index in [1.807, 2.05) is 12.1 Å². The number of rotatable bonds is 6. The van der Waals surface area contributed by atoms with Crippen LogP contribution in [0.3, 0.4) is 0 Å². The average Bonchev–Trinajstić information content (AvgIpc) is 3.04. The summed E-state index contributed by atoms with van der Waals surface area (Å²) >= 11 is 1.62. The Morgan fingerprint density at radius 3 is 2.64 bits per heavy atom. The molecule has 0 amide bonds. The molecular weight excluding hydrogens is 299 g/mol. The molecule has 1 atom stereocenters. The fourth-order valence-electron chi connectivity index (χ4n) is 3.12. The van der Waals surface area contributed by atoms with Crippen LogP contribution in [-0.2, 0) is 4.74 Å². The van der Waals surface area contributed by atoms with Crippen LogP contribution in [0.4, 0.5) is 4.39 Å². The molecule has 1 unspecified atom stereocenters. The van der Waals surface area contributed by atoms with E-state index < -0.39 is 0 Å². The number of halogens is 1. The van der Waals surface area contributed by atoms with Crippen molar-refractivity contribution in [2.75, 3.05) is 51.6 Å². The summed E-state index contributed by atoms with van der Waals surface area (Å²) in [5, 5.41) is 0. The van der Waals surface area contributed by atoms with Crippen molar-refractivity contribution in [1.82, 2.24) is 9.80 Å². The van der Waals surface area contributed by atoms with E-state index in [2.05, 4.69) is 9.80 Å². The molecule has 3 rings (SSSR count). The Kier molecular flexibility index (Phi) is 6.12. The Morgan fingerprint density at radius 1 is 1.14 bits per heavy atom. The third-order valence-corrected chi connectivity index (χ3v) is 5.48. The minimum absolute atomic E-state index is 0.103. The summed E-state index contributed by atoms with van der Waals surface area (Å²) in [4.78, 5) is 5.77. The van der Waals surface area contributed by atoms with Crippen LogP contribution in [0, 0.1) is 5.82 Å². The Bertz CT molecular complexity index is 460. The molecule has 0 spiro atoms. The minimum Gasteiger partial charge on any atom is -0.377 e. The normalized spacial score (nSPS) is 24.0. The molecule has 2 aliphatic rings. The van der Waals surface area contributed by atoms with Crippen molar-refractivity contribution in [3.05, 3.63) is 30.1 Å². The third-order valence-electron chi connectivity index (χ3n) is 4.45. The molecule has 0 bridgehead atoms. The molecule has 2 heterocycles. The SMILES string of the molecule is Fc1ccccc1SCCN1CCN(CC2CCCO2)CC1. The lowest BCUT2D eigenvalue weighted by Crippen LogP contribution is -2.48. The van der Waals surface area contributed by atoms with Gasteiger partial charge >= 0.3 is 0 Å². The summed E-state index contributed by atoms with van der Waals surface area (Å²) in [6.45, 7) is 7.56. The summed E-state index contributed by atoms with van der Waals surface area (Å²) in [6.07, 6.45) is 2.90. The second-order valence-corrected chi connectivity index (χ2v) is 7.19. The van der Waals surface area contributed by atoms with Gasteiger partial charge < -0.3 is 4.74 Å². The molecule has 2 aliphatic heterocycles. The molecule has 0 radical (unpaired) electrons. The molecule has 0 N–H and O–H groups in total. The van der Waals surface area contributed by atoms with E-state index in [4.69, 9.17) is 4.74 Å². The van der Waals surface area contributed by atoms with Crippen molar-refractivity contribution in [2.24, 2.45) is 0 Å². The second kappa shape index (κ2) is 8.29. The molecule has 2 fully saturated rings. The smallest absolute Gasteiger partial charge is 0.136 e. The molecule has 1 aromatic rings. The lowest BCUT2D eigenvalue weighted by Gasteiger charge is -2.35. The zero-order valence-corrected chi connectivity index (χ0v) is 13.9. The van der Waals surface area contributed by atoms with Gasteiger partial charge in [0.2, 0.25) is 0 Å². The molecule has 22 heavy (non-hydrogen) atoms. The molecule has 3 nitrogen and oxygen atoms in total. The van der Waals surface area contributed by atoms with Gasteiger partial charge in [-0.3, -0.25) is 9.80 Å². The molecule has 122 valence electrons. The number of thioether (sulfide) groups is 1. The third kappa shape index (κ3) is 4.69. The maximum absolute atomic E-state index is 13.5. The maximum atomic E-state index is 13.5. The van der Waals surface area contributed by atoms with Gasteiger partial charge in [-0.05, 0) is 25.0 Å². The summed E-state index contributed by atoms with van der Waals surface area (Å²) in [7, 11) is 0. The quantitative estimate of drug-likeness (QED) is 0.747. The first-order valence-electron chi connectivity index (χ1n) is 8.25. The van der Waals surface area contributed by atoms with Gasteiger partial charge in [0.25, 0.3) is 0 Å². The standard InChI is InChI=1S/C17H25FN2OS/c18-16-5-1-2-6-17(16)22-13-11-19-7-9-20(10-8-19)14-15-4-3-12-21-15/h1-2,5-6,15H,3-4,7-14H2. The Hall–Kier alpha value is -0.620. The van der Waals surface area contributed by atoms with E-state index in [0.717, 1.165) is 56.5 Å². The monoisotopic (exact) mass is 324 g/mol. The summed E-state index contributed by atoms with van der Waals surface area (Å²) in [5.74, 6) is 0.848. The van der Waals surface area contributed by atoms with Crippen molar-refractivity contribution in [3.8, 4) is 0 Å². The highest BCUT2D eigenvalue weighted by atomic mass is 32.2. The molecule has 5 heteroatoms. The lowest BCUT2D eigenvalue weighted by molar-refractivity contribution is 0.0517. The first-order chi connectivity index (χ1) is 10.8. The maximum Gasteiger partial charge on any atom is 0.136 e. The Morgan fingerprint density at radius 2 is 1.91 bits per heavy atom. The van der Waals surface area contributed by atoms with E-state index in [0.29, 0.717) is 6.10 Å². The van der Waals surface area contributed by atoms with Crippen LogP contribution >= 0.6 is 11.8 Å². The van der Waals surface area contributed by atoms with Gasteiger partial charge in [-0.2, -0.15) is 0 Å². The topological polar surface area (TPSA) is 15.7 Å². The van der Waals surface area contributed by atoms with Gasteiger partial charge in [-0.15, -0.1) is 11.8 Å². The van der Waals surface area contributed by atoms with Crippen LogP contribution in [0.2, 0.25) is 0 Å². The van der Waals surface area contributed by atoms with E-state index in [9.17, 15) is 4.39 Å². The highest BCUT2D eigenvalue weighted by Crippen LogP contribution is 2.21. The predicted molar refractivity (Wildman–Crippen MR) is 89.0 cm³/mol. The summed E-state index contributed by atoms with van der Waals surface area (Å²) in [6, 6.07) is 7.04. The van der Waals surface area contributed by atoms with Crippen LogP contribution in [0.15, 0.2) is 29.2 Å². The van der Waals surface area contributed by atoms with Crippen LogP contribution in [-0.4, -0.2) is 67.5 Å². The van der Waals surface area contributed by atoms with E-state index >= 15 is 0 Å².